The Bertz CT molecular complexity index is 476. The second-order valence-corrected chi connectivity index (χ2v) is 3.69. The highest BCUT2D eigenvalue weighted by atomic mass is 16.7. The van der Waals surface area contributed by atoms with Crippen molar-refractivity contribution in [1.29, 1.82) is 0 Å². The van der Waals surface area contributed by atoms with Gasteiger partial charge in [-0.1, -0.05) is 6.07 Å². The van der Waals surface area contributed by atoms with Crippen LogP contribution in [0.5, 0.6) is 11.5 Å². The molecule has 2 heterocycles. The number of carbonyl (C=O) groups excluding carboxylic acids is 1. The van der Waals surface area contributed by atoms with Crippen LogP contribution in [0.25, 0.3) is 0 Å². The molecule has 0 spiro atoms. The molecule has 0 saturated carbocycles. The van der Waals surface area contributed by atoms with Gasteiger partial charge in [0, 0.05) is 12.0 Å². The van der Waals surface area contributed by atoms with E-state index >= 15 is 0 Å². The molecule has 0 aromatic heterocycles. The number of hydrogen-bond donors (Lipinski definition) is 0. The van der Waals surface area contributed by atoms with E-state index in [2.05, 4.69) is 0 Å². The quantitative estimate of drug-likeness (QED) is 0.704. The third-order valence-corrected chi connectivity index (χ3v) is 2.64. The van der Waals surface area contributed by atoms with Crippen molar-refractivity contribution in [3.05, 3.63) is 35.4 Å². The van der Waals surface area contributed by atoms with E-state index in [9.17, 15) is 4.79 Å². The van der Waals surface area contributed by atoms with E-state index in [1.807, 2.05) is 24.3 Å². The molecule has 0 saturated heterocycles. The van der Waals surface area contributed by atoms with Gasteiger partial charge >= 0.3 is 5.97 Å². The largest absolute Gasteiger partial charge is 0.458 e. The van der Waals surface area contributed by atoms with Crippen LogP contribution in [-0.2, 0) is 16.0 Å². The number of hydrogen-bond acceptors (Lipinski definition) is 4. The summed E-state index contributed by atoms with van der Waals surface area (Å²) in [5.74, 6) is 1.27. The van der Waals surface area contributed by atoms with E-state index in [1.54, 1.807) is 0 Å². The Kier molecular flexibility index (Phi) is 2.06. The van der Waals surface area contributed by atoms with E-state index < -0.39 is 0 Å². The van der Waals surface area contributed by atoms with Crippen molar-refractivity contribution in [2.24, 2.45) is 0 Å². The molecular weight excluding hydrogens is 208 g/mol. The molecule has 2 aliphatic heterocycles. The lowest BCUT2D eigenvalue weighted by molar-refractivity contribution is -0.136. The molecule has 0 unspecified atom stereocenters. The summed E-state index contributed by atoms with van der Waals surface area (Å²) >= 11 is 0. The minimum absolute atomic E-state index is 0.224. The third kappa shape index (κ3) is 1.52. The highest BCUT2D eigenvalue weighted by Crippen LogP contribution is 2.33. The van der Waals surface area contributed by atoms with Crippen molar-refractivity contribution >= 4 is 5.97 Å². The molecule has 4 nitrogen and oxygen atoms in total. The van der Waals surface area contributed by atoms with Crippen molar-refractivity contribution in [2.75, 3.05) is 13.4 Å². The fourth-order valence-corrected chi connectivity index (χ4v) is 1.81. The van der Waals surface area contributed by atoms with Crippen LogP contribution in [-0.4, -0.2) is 19.4 Å². The zero-order valence-electron chi connectivity index (χ0n) is 8.56. The molecule has 82 valence electrons. The highest BCUT2D eigenvalue weighted by molar-refractivity contribution is 5.90. The van der Waals surface area contributed by atoms with Gasteiger partial charge in [0.25, 0.3) is 0 Å². The topological polar surface area (TPSA) is 44.8 Å². The maximum absolute atomic E-state index is 11.3. The van der Waals surface area contributed by atoms with Gasteiger partial charge in [-0.3, -0.25) is 0 Å². The van der Waals surface area contributed by atoms with Gasteiger partial charge in [-0.05, 0) is 23.8 Å². The summed E-state index contributed by atoms with van der Waals surface area (Å²) in [5.41, 5.74) is 1.73. The van der Waals surface area contributed by atoms with Crippen LogP contribution in [0.3, 0.4) is 0 Å². The van der Waals surface area contributed by atoms with Gasteiger partial charge in [0.15, 0.2) is 11.5 Å². The predicted molar refractivity (Wildman–Crippen MR) is 55.3 cm³/mol. The Morgan fingerprint density at radius 2 is 2.00 bits per heavy atom. The smallest absolute Gasteiger partial charge is 0.334 e. The predicted octanol–water partition coefficient (Wildman–Crippen LogP) is 1.44. The van der Waals surface area contributed by atoms with Gasteiger partial charge in [0.1, 0.15) is 6.61 Å². The van der Waals surface area contributed by atoms with Crippen LogP contribution in [0.4, 0.5) is 0 Å². The van der Waals surface area contributed by atoms with E-state index in [0.29, 0.717) is 18.6 Å². The van der Waals surface area contributed by atoms with Gasteiger partial charge in [-0.15, -0.1) is 0 Å². The number of rotatable bonds is 2. The highest BCUT2D eigenvalue weighted by Gasteiger charge is 2.19. The van der Waals surface area contributed by atoms with E-state index in [4.69, 9.17) is 14.2 Å². The molecule has 16 heavy (non-hydrogen) atoms. The number of cyclic esters (lactones) is 1. The first-order chi connectivity index (χ1) is 7.83. The number of esters is 1. The van der Waals surface area contributed by atoms with E-state index in [1.165, 1.54) is 0 Å². The van der Waals surface area contributed by atoms with Crippen LogP contribution in [0.15, 0.2) is 29.8 Å². The summed E-state index contributed by atoms with van der Waals surface area (Å²) in [6.45, 7) is 0.655. The van der Waals surface area contributed by atoms with E-state index in [0.717, 1.165) is 17.1 Å². The molecular formula is C12H10O4. The summed E-state index contributed by atoms with van der Waals surface area (Å²) in [5, 5.41) is 0. The zero-order chi connectivity index (χ0) is 11.0. The SMILES string of the molecule is O=C1OCC=C1Cc1ccc2c(c1)OCO2. The Balaban J connectivity index is 1.83. The molecule has 0 amide bonds. The van der Waals surface area contributed by atoms with Crippen molar-refractivity contribution in [3.63, 3.8) is 0 Å². The van der Waals surface area contributed by atoms with Gasteiger partial charge in [0.05, 0.1) is 0 Å². The second-order valence-electron chi connectivity index (χ2n) is 3.69. The zero-order valence-corrected chi connectivity index (χ0v) is 8.56. The molecule has 0 atom stereocenters. The molecule has 0 fully saturated rings. The molecule has 0 N–H and O–H groups in total. The van der Waals surface area contributed by atoms with Gasteiger partial charge < -0.3 is 14.2 Å². The Morgan fingerprint density at radius 1 is 1.12 bits per heavy atom. The maximum atomic E-state index is 11.3. The van der Waals surface area contributed by atoms with Crippen LogP contribution in [0, 0.1) is 0 Å². The summed E-state index contributed by atoms with van der Waals surface area (Å²) in [4.78, 5) is 11.3. The minimum atomic E-state index is -0.224. The summed E-state index contributed by atoms with van der Waals surface area (Å²) < 4.78 is 15.3. The standard InChI is InChI=1S/C12H10O4/c13-12-9(3-4-14-12)5-8-1-2-10-11(6-8)16-7-15-10/h1-3,6H,4-5,7H2. The average Bonchev–Trinajstić information content (AvgIpc) is 2.88. The lowest BCUT2D eigenvalue weighted by atomic mass is 10.1. The number of carbonyl (C=O) groups is 1. The second kappa shape index (κ2) is 3.56. The van der Waals surface area contributed by atoms with Crippen molar-refractivity contribution in [3.8, 4) is 11.5 Å². The number of benzene rings is 1. The Labute approximate surface area is 92.4 Å². The lowest BCUT2D eigenvalue weighted by Gasteiger charge is -2.02. The van der Waals surface area contributed by atoms with Crippen LogP contribution < -0.4 is 9.47 Å². The normalized spacial score (nSPS) is 17.2. The fraction of sp³-hybridized carbons (Fsp3) is 0.250. The molecule has 3 rings (SSSR count). The molecule has 0 radical (unpaired) electrons. The Hall–Kier alpha value is -1.97. The van der Waals surface area contributed by atoms with Gasteiger partial charge in [0.2, 0.25) is 6.79 Å². The molecule has 1 aromatic rings. The number of ether oxygens (including phenoxy) is 3. The van der Waals surface area contributed by atoms with Crippen LogP contribution >= 0.6 is 0 Å². The first kappa shape index (κ1) is 9.27. The summed E-state index contributed by atoms with van der Waals surface area (Å²) in [6, 6.07) is 5.69. The molecule has 1 aromatic carbocycles. The average molecular weight is 218 g/mol. The van der Waals surface area contributed by atoms with Crippen LogP contribution in [0.1, 0.15) is 5.56 Å². The summed E-state index contributed by atoms with van der Waals surface area (Å²) in [6.07, 6.45) is 2.39. The molecule has 4 heteroatoms. The van der Waals surface area contributed by atoms with Gasteiger partial charge in [-0.2, -0.15) is 0 Å². The van der Waals surface area contributed by atoms with Crippen molar-refractivity contribution in [2.45, 2.75) is 6.42 Å². The van der Waals surface area contributed by atoms with Crippen LogP contribution in [0.2, 0.25) is 0 Å². The maximum Gasteiger partial charge on any atom is 0.334 e. The van der Waals surface area contributed by atoms with Crippen molar-refractivity contribution in [1.82, 2.24) is 0 Å². The fourth-order valence-electron chi connectivity index (χ4n) is 1.81. The monoisotopic (exact) mass is 218 g/mol. The number of fused-ring (bicyclic) bond motifs is 1. The first-order valence-electron chi connectivity index (χ1n) is 5.07. The Morgan fingerprint density at radius 3 is 2.81 bits per heavy atom. The minimum Gasteiger partial charge on any atom is -0.458 e. The third-order valence-electron chi connectivity index (χ3n) is 2.64. The first-order valence-corrected chi connectivity index (χ1v) is 5.07. The van der Waals surface area contributed by atoms with E-state index in [-0.39, 0.29) is 12.8 Å². The lowest BCUT2D eigenvalue weighted by Crippen LogP contribution is -2.02. The van der Waals surface area contributed by atoms with Crippen molar-refractivity contribution < 1.29 is 19.0 Å². The molecule has 2 aliphatic rings. The molecule has 0 aliphatic carbocycles. The molecule has 0 bridgehead atoms. The van der Waals surface area contributed by atoms with Gasteiger partial charge in [-0.25, -0.2) is 4.79 Å². The summed E-state index contributed by atoms with van der Waals surface area (Å²) in [7, 11) is 0.